The first-order valence-electron chi connectivity index (χ1n) is 12.2. The highest BCUT2D eigenvalue weighted by atomic mass is 16.3. The van der Waals surface area contributed by atoms with E-state index in [0.29, 0.717) is 35.6 Å². The van der Waals surface area contributed by atoms with Crippen molar-refractivity contribution in [3.8, 4) is 0 Å². The third-order valence-corrected chi connectivity index (χ3v) is 6.18. The molecule has 0 saturated heterocycles. The number of carbonyl (C=O) groups excluding carboxylic acids is 3. The molecule has 0 aromatic heterocycles. The molecule has 3 rings (SSSR count). The lowest BCUT2D eigenvalue weighted by molar-refractivity contribution is -0.117. The molecule has 1 aliphatic rings. The summed E-state index contributed by atoms with van der Waals surface area (Å²) in [6, 6.07) is 11.2. The van der Waals surface area contributed by atoms with E-state index in [1.807, 2.05) is 11.8 Å². The van der Waals surface area contributed by atoms with Crippen LogP contribution in [0.3, 0.4) is 0 Å². The number of rotatable bonds is 11. The Balaban J connectivity index is 1.79. The van der Waals surface area contributed by atoms with Gasteiger partial charge in [0.05, 0.1) is 17.7 Å². The van der Waals surface area contributed by atoms with Crippen LogP contribution in [0, 0.1) is 4.91 Å². The highest BCUT2D eigenvalue weighted by Gasteiger charge is 2.25. The molecule has 2 aromatic rings. The van der Waals surface area contributed by atoms with Crippen molar-refractivity contribution in [2.75, 3.05) is 18.4 Å². The van der Waals surface area contributed by atoms with E-state index in [2.05, 4.69) is 20.8 Å². The first-order chi connectivity index (χ1) is 17.4. The molecular formula is C26H32N6O4. The van der Waals surface area contributed by atoms with E-state index in [0.717, 1.165) is 25.7 Å². The fourth-order valence-electron chi connectivity index (χ4n) is 4.28. The number of nitrogens with zero attached hydrogens (tertiary/aromatic N) is 3. The lowest BCUT2D eigenvalue weighted by Crippen LogP contribution is -2.41. The van der Waals surface area contributed by atoms with Crippen LogP contribution in [0.4, 0.5) is 17.1 Å². The Morgan fingerprint density at radius 3 is 2.39 bits per heavy atom. The van der Waals surface area contributed by atoms with Crippen molar-refractivity contribution >= 4 is 41.1 Å². The Morgan fingerprint density at radius 2 is 1.75 bits per heavy atom. The second-order valence-electron chi connectivity index (χ2n) is 8.63. The van der Waals surface area contributed by atoms with Gasteiger partial charge in [-0.15, -0.1) is 4.91 Å². The van der Waals surface area contributed by atoms with Crippen molar-refractivity contribution in [3.63, 3.8) is 0 Å². The number of carbonyl (C=O) groups is 3. The van der Waals surface area contributed by atoms with Gasteiger partial charge in [0.2, 0.25) is 5.91 Å². The number of hydrogen-bond acceptors (Lipinski definition) is 7. The van der Waals surface area contributed by atoms with E-state index in [4.69, 9.17) is 5.73 Å². The molecule has 0 atom stereocenters. The maximum atomic E-state index is 13.4. The summed E-state index contributed by atoms with van der Waals surface area (Å²) in [5, 5.41) is 8.51. The Bertz CT molecular complexity index is 1110. The number of nitrogens with one attached hydrogen (secondary N) is 2. The van der Waals surface area contributed by atoms with Crippen molar-refractivity contribution in [2.45, 2.75) is 51.5 Å². The maximum absolute atomic E-state index is 13.4. The Morgan fingerprint density at radius 1 is 1.06 bits per heavy atom. The maximum Gasteiger partial charge on any atom is 0.256 e. The first kappa shape index (κ1) is 26.5. The summed E-state index contributed by atoms with van der Waals surface area (Å²) < 4.78 is 0. The summed E-state index contributed by atoms with van der Waals surface area (Å²) in [4.78, 5) is 53.7. The van der Waals surface area contributed by atoms with Gasteiger partial charge in [0.1, 0.15) is 5.69 Å². The summed E-state index contributed by atoms with van der Waals surface area (Å²) in [7, 11) is 0. The van der Waals surface area contributed by atoms with Crippen molar-refractivity contribution in [1.29, 1.82) is 0 Å². The predicted octanol–water partition coefficient (Wildman–Crippen LogP) is 4.26. The molecule has 0 radical (unpaired) electrons. The lowest BCUT2D eigenvalue weighted by atomic mass is 9.93. The number of benzene rings is 2. The molecule has 1 fully saturated rings. The molecule has 0 spiro atoms. The summed E-state index contributed by atoms with van der Waals surface area (Å²) in [6.07, 6.45) is 6.85. The molecule has 1 aliphatic carbocycles. The van der Waals surface area contributed by atoms with Gasteiger partial charge in [-0.3, -0.25) is 14.4 Å². The summed E-state index contributed by atoms with van der Waals surface area (Å²) in [6.45, 7) is 2.91. The Hall–Kier alpha value is -4.08. The molecule has 0 aliphatic heterocycles. The quantitative estimate of drug-likeness (QED) is 0.244. The lowest BCUT2D eigenvalue weighted by Gasteiger charge is -2.33. The molecule has 10 heteroatoms. The average molecular weight is 493 g/mol. The number of amides is 3. The van der Waals surface area contributed by atoms with Crippen LogP contribution in [-0.2, 0) is 4.79 Å². The summed E-state index contributed by atoms with van der Waals surface area (Å²) in [5.74, 6) is -0.910. The van der Waals surface area contributed by atoms with Crippen molar-refractivity contribution in [3.05, 3.63) is 58.5 Å². The number of hydrogen-bond donors (Lipinski definition) is 3. The molecule has 10 nitrogen and oxygen atoms in total. The van der Waals surface area contributed by atoms with Gasteiger partial charge in [0.15, 0.2) is 0 Å². The van der Waals surface area contributed by atoms with Gasteiger partial charge < -0.3 is 21.3 Å². The van der Waals surface area contributed by atoms with Gasteiger partial charge in [-0.1, -0.05) is 19.3 Å². The van der Waals surface area contributed by atoms with Crippen LogP contribution in [0.2, 0.25) is 0 Å². The van der Waals surface area contributed by atoms with Crippen LogP contribution >= 0.6 is 0 Å². The first-order valence-corrected chi connectivity index (χ1v) is 12.2. The van der Waals surface area contributed by atoms with E-state index < -0.39 is 11.8 Å². The highest BCUT2D eigenvalue weighted by Crippen LogP contribution is 2.29. The monoisotopic (exact) mass is 492 g/mol. The topological polar surface area (TPSA) is 146 Å². The van der Waals surface area contributed by atoms with Gasteiger partial charge in [-0.2, -0.15) is 0 Å². The third-order valence-electron chi connectivity index (χ3n) is 6.18. The van der Waals surface area contributed by atoms with Crippen LogP contribution in [0.15, 0.2) is 52.6 Å². The minimum Gasteiger partial charge on any atom is -0.383 e. The van der Waals surface area contributed by atoms with Gasteiger partial charge in [0, 0.05) is 36.7 Å². The Labute approximate surface area is 210 Å². The zero-order chi connectivity index (χ0) is 25.9. The molecular weight excluding hydrogens is 460 g/mol. The van der Waals surface area contributed by atoms with E-state index in [1.165, 1.54) is 37.0 Å². The molecule has 0 unspecified atom stereocenters. The summed E-state index contributed by atoms with van der Waals surface area (Å²) >= 11 is 0. The molecule has 0 bridgehead atoms. The number of nitrogens with two attached hydrogens (primary N) is 1. The molecule has 36 heavy (non-hydrogen) atoms. The molecule has 0 heterocycles. The molecule has 190 valence electrons. The van der Waals surface area contributed by atoms with E-state index in [-0.39, 0.29) is 24.1 Å². The zero-order valence-corrected chi connectivity index (χ0v) is 20.4. The fourth-order valence-corrected chi connectivity index (χ4v) is 4.28. The standard InChI is InChI=1S/C26H32N6O4/c1-2-32(21-6-4-3-5-7-21)26(35)19-10-13-22(28-15-14-24(27)33)23(16-19)29-17-30-25(34)18-8-11-20(31-36)12-9-18/h8-13,16-17,21,28H,2-7,14-15H2,1H3,(H2,27,33)(H,29,30,34). The van der Waals surface area contributed by atoms with Crippen LogP contribution in [-0.4, -0.2) is 48.1 Å². The smallest absolute Gasteiger partial charge is 0.256 e. The minimum atomic E-state index is -0.437. The van der Waals surface area contributed by atoms with Crippen molar-refractivity contribution in [1.82, 2.24) is 10.2 Å². The minimum absolute atomic E-state index is 0.0579. The van der Waals surface area contributed by atoms with Crippen LogP contribution in [0.1, 0.15) is 66.2 Å². The summed E-state index contributed by atoms with van der Waals surface area (Å²) in [5.41, 5.74) is 7.33. The second kappa shape index (κ2) is 13.1. The SMILES string of the molecule is CCN(C(=O)c1ccc(NCCC(N)=O)c(N=CNC(=O)c2ccc(N=O)cc2)c1)C1CCCCC1. The highest BCUT2D eigenvalue weighted by molar-refractivity contribution is 6.01. The number of nitroso groups, excluding NO2 is 1. The number of aliphatic imine (C=N–C) groups is 1. The van der Waals surface area contributed by atoms with E-state index in [1.54, 1.807) is 18.2 Å². The fraction of sp³-hybridized carbons (Fsp3) is 0.385. The van der Waals surface area contributed by atoms with Crippen molar-refractivity contribution < 1.29 is 14.4 Å². The zero-order valence-electron chi connectivity index (χ0n) is 20.4. The predicted molar refractivity (Wildman–Crippen MR) is 140 cm³/mol. The van der Waals surface area contributed by atoms with Crippen LogP contribution in [0.5, 0.6) is 0 Å². The van der Waals surface area contributed by atoms with E-state index in [9.17, 15) is 19.3 Å². The largest absolute Gasteiger partial charge is 0.383 e. The molecule has 4 N–H and O–H groups in total. The van der Waals surface area contributed by atoms with Crippen LogP contribution < -0.4 is 16.4 Å². The second-order valence-corrected chi connectivity index (χ2v) is 8.63. The van der Waals surface area contributed by atoms with Gasteiger partial charge >= 0.3 is 0 Å². The van der Waals surface area contributed by atoms with Crippen LogP contribution in [0.25, 0.3) is 0 Å². The number of primary amides is 1. The van der Waals surface area contributed by atoms with Gasteiger partial charge in [-0.05, 0) is 67.4 Å². The molecule has 3 amide bonds. The van der Waals surface area contributed by atoms with E-state index >= 15 is 0 Å². The molecule has 2 aromatic carbocycles. The average Bonchev–Trinajstić information content (AvgIpc) is 2.90. The normalized spacial score (nSPS) is 13.8. The van der Waals surface area contributed by atoms with Gasteiger partial charge in [0.25, 0.3) is 11.8 Å². The number of anilines is 1. The van der Waals surface area contributed by atoms with Gasteiger partial charge in [-0.25, -0.2) is 4.99 Å². The van der Waals surface area contributed by atoms with Crippen molar-refractivity contribution in [2.24, 2.45) is 15.9 Å². The third kappa shape index (κ3) is 7.21. The molecule has 1 saturated carbocycles. The Kier molecular flexibility index (Phi) is 9.67.